The number of rotatable bonds is 1. The van der Waals surface area contributed by atoms with Gasteiger partial charge in [0.25, 0.3) is 0 Å². The molecule has 0 saturated heterocycles. The molecule has 0 bridgehead atoms. The Balaban J connectivity index is 2.53. The molecule has 0 fully saturated rings. The molecule has 0 aliphatic carbocycles. The van der Waals surface area contributed by atoms with Gasteiger partial charge in [0.15, 0.2) is 5.65 Å². The number of fused-ring (bicyclic) bond motifs is 3. The van der Waals surface area contributed by atoms with Gasteiger partial charge in [-0.1, -0.05) is 0 Å². The Hall–Kier alpha value is -2.37. The van der Waals surface area contributed by atoms with Gasteiger partial charge in [-0.15, -0.1) is 5.10 Å². The maximum atomic E-state index is 10.6. The number of aromatic nitrogens is 5. The van der Waals surface area contributed by atoms with E-state index < -0.39 is 0 Å². The van der Waals surface area contributed by atoms with Crippen LogP contribution in [0.4, 0.5) is 0 Å². The average molecular weight is 199 g/mol. The molecule has 6 nitrogen and oxygen atoms in total. The summed E-state index contributed by atoms with van der Waals surface area (Å²) in [5.41, 5.74) is 2.61. The van der Waals surface area contributed by atoms with Crippen molar-refractivity contribution in [1.82, 2.24) is 25.0 Å². The Morgan fingerprint density at radius 2 is 2.27 bits per heavy atom. The van der Waals surface area contributed by atoms with Crippen molar-refractivity contribution in [2.24, 2.45) is 0 Å². The number of nitrogens with zero attached hydrogens (tertiary/aromatic N) is 5. The Bertz CT molecular complexity index is 660. The molecular formula is C9H5N5O. The number of carbonyl (C=O) groups excluding carboxylic acids is 1. The van der Waals surface area contributed by atoms with Crippen molar-refractivity contribution in [2.45, 2.75) is 0 Å². The van der Waals surface area contributed by atoms with Crippen LogP contribution >= 0.6 is 0 Å². The lowest BCUT2D eigenvalue weighted by Crippen LogP contribution is -1.94. The Kier molecular flexibility index (Phi) is 1.49. The minimum atomic E-state index is 0.561. The summed E-state index contributed by atoms with van der Waals surface area (Å²) in [5, 5.41) is 11.1. The van der Waals surface area contributed by atoms with E-state index in [-0.39, 0.29) is 0 Å². The van der Waals surface area contributed by atoms with E-state index in [1.54, 1.807) is 28.9 Å². The molecule has 2 aromatic heterocycles. The fraction of sp³-hybridized carbons (Fsp3) is 0. The van der Waals surface area contributed by atoms with E-state index in [4.69, 9.17) is 0 Å². The fourth-order valence-corrected chi connectivity index (χ4v) is 1.47. The van der Waals surface area contributed by atoms with Crippen molar-refractivity contribution in [1.29, 1.82) is 0 Å². The molecule has 3 rings (SSSR count). The first-order valence-corrected chi connectivity index (χ1v) is 4.30. The van der Waals surface area contributed by atoms with Crippen molar-refractivity contribution in [2.75, 3.05) is 0 Å². The summed E-state index contributed by atoms with van der Waals surface area (Å²) < 4.78 is 1.55. The highest BCUT2D eigenvalue weighted by molar-refractivity contribution is 5.85. The van der Waals surface area contributed by atoms with Gasteiger partial charge in [-0.2, -0.15) is 4.52 Å². The third kappa shape index (κ3) is 1.08. The highest BCUT2D eigenvalue weighted by Gasteiger charge is 2.04. The second kappa shape index (κ2) is 2.81. The van der Waals surface area contributed by atoms with E-state index >= 15 is 0 Å². The molecule has 0 amide bonds. The second-order valence-corrected chi connectivity index (χ2v) is 3.07. The molecular weight excluding hydrogens is 194 g/mol. The summed E-state index contributed by atoms with van der Waals surface area (Å²) in [6, 6.07) is 5.18. The van der Waals surface area contributed by atoms with E-state index in [1.165, 1.54) is 0 Å². The first-order valence-electron chi connectivity index (χ1n) is 4.30. The number of aldehydes is 1. The smallest absolute Gasteiger partial charge is 0.198 e. The summed E-state index contributed by atoms with van der Waals surface area (Å²) in [7, 11) is 0. The van der Waals surface area contributed by atoms with Crippen LogP contribution in [-0.2, 0) is 0 Å². The van der Waals surface area contributed by atoms with E-state index in [9.17, 15) is 4.79 Å². The highest BCUT2D eigenvalue weighted by atomic mass is 16.1. The number of tetrazole rings is 1. The molecule has 0 radical (unpaired) electrons. The first kappa shape index (κ1) is 7.98. The summed E-state index contributed by atoms with van der Waals surface area (Å²) in [4.78, 5) is 14.8. The van der Waals surface area contributed by atoms with Gasteiger partial charge in [-0.05, 0) is 28.6 Å². The standard InChI is InChI=1S/C9H5N5O/c15-5-6-1-2-7-8(3-6)14-9(4-10-7)11-12-13-14/h1-5H. The van der Waals surface area contributed by atoms with E-state index in [0.717, 1.165) is 17.3 Å². The largest absolute Gasteiger partial charge is 0.298 e. The minimum absolute atomic E-state index is 0.561. The molecule has 15 heavy (non-hydrogen) atoms. The van der Waals surface area contributed by atoms with Gasteiger partial charge < -0.3 is 0 Å². The maximum absolute atomic E-state index is 10.6. The number of hydrogen-bond acceptors (Lipinski definition) is 5. The van der Waals surface area contributed by atoms with Crippen LogP contribution in [0, 0.1) is 0 Å². The molecule has 6 heteroatoms. The van der Waals surface area contributed by atoms with Gasteiger partial charge >= 0.3 is 0 Å². The molecule has 2 heterocycles. The second-order valence-electron chi connectivity index (χ2n) is 3.07. The molecule has 0 aliphatic heterocycles. The maximum Gasteiger partial charge on any atom is 0.198 e. The van der Waals surface area contributed by atoms with E-state index in [1.807, 2.05) is 0 Å². The fourth-order valence-electron chi connectivity index (χ4n) is 1.47. The van der Waals surface area contributed by atoms with Gasteiger partial charge in [0.1, 0.15) is 6.29 Å². The molecule has 3 aromatic rings. The van der Waals surface area contributed by atoms with Gasteiger partial charge in [0, 0.05) is 5.56 Å². The van der Waals surface area contributed by atoms with Crippen molar-refractivity contribution in [3.05, 3.63) is 30.0 Å². The Morgan fingerprint density at radius 1 is 1.33 bits per heavy atom. The molecule has 0 N–H and O–H groups in total. The lowest BCUT2D eigenvalue weighted by atomic mass is 10.2. The lowest BCUT2D eigenvalue weighted by Gasteiger charge is -1.98. The van der Waals surface area contributed by atoms with Gasteiger partial charge in [0.05, 0.1) is 17.2 Å². The molecule has 0 atom stereocenters. The number of carbonyl (C=O) groups is 1. The predicted octanol–water partition coefficient (Wildman–Crippen LogP) is 0.485. The predicted molar refractivity (Wildman–Crippen MR) is 51.5 cm³/mol. The Morgan fingerprint density at radius 3 is 3.13 bits per heavy atom. The van der Waals surface area contributed by atoms with Crippen molar-refractivity contribution in [3.8, 4) is 0 Å². The van der Waals surface area contributed by atoms with Crippen LogP contribution in [-0.4, -0.2) is 31.3 Å². The summed E-state index contributed by atoms with van der Waals surface area (Å²) in [6.45, 7) is 0. The van der Waals surface area contributed by atoms with Gasteiger partial charge in [0.2, 0.25) is 0 Å². The Labute approximate surface area is 83.5 Å². The molecule has 0 aliphatic rings. The summed E-state index contributed by atoms with van der Waals surface area (Å²) >= 11 is 0. The van der Waals surface area contributed by atoms with Crippen LogP contribution in [0.5, 0.6) is 0 Å². The SMILES string of the molecule is O=Cc1ccc2ncc3nnnn3c2c1. The zero-order valence-corrected chi connectivity index (χ0v) is 7.53. The molecule has 1 aromatic carbocycles. The van der Waals surface area contributed by atoms with Crippen LogP contribution in [0.1, 0.15) is 10.4 Å². The molecule has 0 unspecified atom stereocenters. The minimum Gasteiger partial charge on any atom is -0.298 e. The summed E-state index contributed by atoms with van der Waals surface area (Å²) in [5.74, 6) is 0. The van der Waals surface area contributed by atoms with Crippen LogP contribution in [0.15, 0.2) is 24.4 Å². The molecule has 72 valence electrons. The van der Waals surface area contributed by atoms with Crippen molar-refractivity contribution in [3.63, 3.8) is 0 Å². The third-order valence-electron chi connectivity index (χ3n) is 2.18. The number of hydrogen-bond donors (Lipinski definition) is 0. The van der Waals surface area contributed by atoms with E-state index in [0.29, 0.717) is 11.2 Å². The lowest BCUT2D eigenvalue weighted by molar-refractivity contribution is 0.112. The van der Waals surface area contributed by atoms with E-state index in [2.05, 4.69) is 20.5 Å². The van der Waals surface area contributed by atoms with Crippen LogP contribution in [0.2, 0.25) is 0 Å². The summed E-state index contributed by atoms with van der Waals surface area (Å²) in [6.07, 6.45) is 2.37. The normalized spacial score (nSPS) is 10.9. The highest BCUT2D eigenvalue weighted by Crippen LogP contribution is 2.13. The average Bonchev–Trinajstić information content (AvgIpc) is 2.76. The zero-order chi connectivity index (χ0) is 10.3. The topological polar surface area (TPSA) is 73.0 Å². The van der Waals surface area contributed by atoms with Gasteiger partial charge in [-0.3, -0.25) is 9.78 Å². The number of benzene rings is 1. The van der Waals surface area contributed by atoms with Crippen LogP contribution in [0.25, 0.3) is 16.7 Å². The molecule has 0 saturated carbocycles. The van der Waals surface area contributed by atoms with Crippen molar-refractivity contribution < 1.29 is 4.79 Å². The van der Waals surface area contributed by atoms with Crippen molar-refractivity contribution >= 4 is 23.0 Å². The third-order valence-corrected chi connectivity index (χ3v) is 2.18. The monoisotopic (exact) mass is 199 g/mol. The zero-order valence-electron chi connectivity index (χ0n) is 7.53. The van der Waals surface area contributed by atoms with Gasteiger partial charge in [-0.25, -0.2) is 0 Å². The molecule has 0 spiro atoms. The quantitative estimate of drug-likeness (QED) is 0.533. The van der Waals surface area contributed by atoms with Crippen LogP contribution in [0.3, 0.4) is 0 Å². The first-order chi connectivity index (χ1) is 7.38. The van der Waals surface area contributed by atoms with Crippen LogP contribution < -0.4 is 0 Å².